The summed E-state index contributed by atoms with van der Waals surface area (Å²) in [6, 6.07) is 8.28. The van der Waals surface area contributed by atoms with Crippen molar-refractivity contribution in [3.63, 3.8) is 0 Å². The lowest BCUT2D eigenvalue weighted by atomic mass is 10.2. The van der Waals surface area contributed by atoms with Crippen LogP contribution in [-0.4, -0.2) is 20.2 Å². The smallest absolute Gasteiger partial charge is 0.371 e. The molecule has 20 heavy (non-hydrogen) atoms. The molecule has 1 aromatic carbocycles. The number of hydrogen-bond donors (Lipinski definition) is 1. The van der Waals surface area contributed by atoms with Crippen LogP contribution in [0.15, 0.2) is 45.9 Å². The van der Waals surface area contributed by atoms with Crippen LogP contribution >= 0.6 is 0 Å². The second-order valence-corrected chi connectivity index (χ2v) is 5.22. The lowest BCUT2D eigenvalue weighted by Crippen LogP contribution is -1.97. The Kier molecular flexibility index (Phi) is 3.94. The molecule has 1 atom stereocenters. The Bertz CT molecular complexity index is 693. The third-order valence-electron chi connectivity index (χ3n) is 2.44. The Balaban J connectivity index is 2.16. The molecule has 1 unspecified atom stereocenters. The molecule has 0 fully saturated rings. The fraction of sp³-hybridized carbons (Fsp3) is 0.0833. The summed E-state index contributed by atoms with van der Waals surface area (Å²) in [5.74, 6) is -1.54. The van der Waals surface area contributed by atoms with Gasteiger partial charge in [0.05, 0.1) is 21.5 Å². The molecule has 2 aromatic rings. The number of carbonyl (C=O) groups is 1. The normalized spacial score (nSPS) is 12.0. The van der Waals surface area contributed by atoms with Gasteiger partial charge >= 0.3 is 5.97 Å². The van der Waals surface area contributed by atoms with Gasteiger partial charge in [0.25, 0.3) is 5.69 Å². The molecule has 0 aliphatic carbocycles. The second kappa shape index (κ2) is 5.66. The molecule has 0 saturated carbocycles. The zero-order chi connectivity index (χ0) is 14.7. The third kappa shape index (κ3) is 3.09. The lowest BCUT2D eigenvalue weighted by Gasteiger charge is -2.00. The van der Waals surface area contributed by atoms with Crippen LogP contribution in [0.5, 0.6) is 0 Å². The van der Waals surface area contributed by atoms with Crippen LogP contribution in [0.1, 0.15) is 16.1 Å². The number of hydrogen-bond acceptors (Lipinski definition) is 5. The van der Waals surface area contributed by atoms with Crippen molar-refractivity contribution in [3.05, 3.63) is 57.8 Å². The van der Waals surface area contributed by atoms with Crippen molar-refractivity contribution in [2.45, 2.75) is 10.8 Å². The lowest BCUT2D eigenvalue weighted by molar-refractivity contribution is -0.384. The monoisotopic (exact) mass is 295 g/mol. The van der Waals surface area contributed by atoms with E-state index in [1.807, 2.05) is 0 Å². The molecular weight excluding hydrogens is 286 g/mol. The van der Waals surface area contributed by atoms with Crippen LogP contribution in [-0.2, 0) is 16.6 Å². The van der Waals surface area contributed by atoms with E-state index in [0.717, 1.165) is 0 Å². The number of rotatable bonds is 5. The van der Waals surface area contributed by atoms with Crippen LogP contribution < -0.4 is 0 Å². The first-order valence-electron chi connectivity index (χ1n) is 5.42. The predicted molar refractivity (Wildman–Crippen MR) is 68.9 cm³/mol. The van der Waals surface area contributed by atoms with Crippen molar-refractivity contribution in [2.75, 3.05) is 0 Å². The topological polar surface area (TPSA) is 111 Å². The van der Waals surface area contributed by atoms with Gasteiger partial charge in [-0.05, 0) is 17.7 Å². The summed E-state index contributed by atoms with van der Waals surface area (Å²) in [5, 5.41) is 19.4. The molecule has 0 aliphatic rings. The maximum atomic E-state index is 12.0. The highest BCUT2D eigenvalue weighted by Crippen LogP contribution is 2.19. The van der Waals surface area contributed by atoms with Gasteiger partial charge in [-0.15, -0.1) is 0 Å². The number of furan rings is 1. The van der Waals surface area contributed by atoms with Gasteiger partial charge in [-0.1, -0.05) is 12.1 Å². The number of carboxylic acid groups (broad SMARTS) is 1. The van der Waals surface area contributed by atoms with Crippen molar-refractivity contribution in [1.82, 2.24) is 0 Å². The third-order valence-corrected chi connectivity index (χ3v) is 3.70. The van der Waals surface area contributed by atoms with Crippen molar-refractivity contribution >= 4 is 22.5 Å². The van der Waals surface area contributed by atoms with Crippen LogP contribution in [0.25, 0.3) is 0 Å². The Morgan fingerprint density at radius 3 is 2.70 bits per heavy atom. The first-order chi connectivity index (χ1) is 9.47. The molecule has 1 aromatic heterocycles. The van der Waals surface area contributed by atoms with E-state index in [1.165, 1.54) is 30.3 Å². The average molecular weight is 295 g/mol. The van der Waals surface area contributed by atoms with Crippen LogP contribution in [0, 0.1) is 10.1 Å². The number of non-ortho nitro benzene ring substituents is 1. The summed E-state index contributed by atoms with van der Waals surface area (Å²) in [5.41, 5.74) is 0.413. The van der Waals surface area contributed by atoms with Crippen molar-refractivity contribution in [1.29, 1.82) is 0 Å². The van der Waals surface area contributed by atoms with Gasteiger partial charge in [-0.3, -0.25) is 14.3 Å². The molecule has 1 N–H and O–H groups in total. The Morgan fingerprint density at radius 1 is 1.35 bits per heavy atom. The SMILES string of the molecule is O=C(O)c1ccc(S(=O)Cc2cccc([N+](=O)[O-])c2)o1. The quantitative estimate of drug-likeness (QED) is 0.668. The maximum Gasteiger partial charge on any atom is 0.371 e. The summed E-state index contributed by atoms with van der Waals surface area (Å²) in [6.07, 6.45) is 0. The predicted octanol–water partition coefficient (Wildman–Crippen LogP) is 2.19. The van der Waals surface area contributed by atoms with E-state index in [9.17, 15) is 19.1 Å². The number of nitrogens with zero attached hydrogens (tertiary/aromatic N) is 1. The van der Waals surface area contributed by atoms with Crippen molar-refractivity contribution < 1.29 is 23.5 Å². The van der Waals surface area contributed by atoms with E-state index >= 15 is 0 Å². The number of carboxylic acids is 1. The van der Waals surface area contributed by atoms with Crippen LogP contribution in [0.2, 0.25) is 0 Å². The first-order valence-corrected chi connectivity index (χ1v) is 6.74. The fourth-order valence-electron chi connectivity index (χ4n) is 1.54. The van der Waals surface area contributed by atoms with Gasteiger partial charge < -0.3 is 9.52 Å². The molecule has 1 heterocycles. The zero-order valence-electron chi connectivity index (χ0n) is 10.0. The molecule has 0 spiro atoms. The van der Waals surface area contributed by atoms with E-state index in [4.69, 9.17) is 9.52 Å². The van der Waals surface area contributed by atoms with Gasteiger partial charge in [0.15, 0.2) is 5.09 Å². The first kappa shape index (κ1) is 13.9. The summed E-state index contributed by atoms with van der Waals surface area (Å²) in [6.45, 7) is 0. The highest BCUT2D eigenvalue weighted by Gasteiger charge is 2.15. The highest BCUT2D eigenvalue weighted by molar-refractivity contribution is 7.84. The minimum Gasteiger partial charge on any atom is -0.475 e. The average Bonchev–Trinajstić information content (AvgIpc) is 2.88. The summed E-state index contributed by atoms with van der Waals surface area (Å²) in [7, 11) is -1.60. The van der Waals surface area contributed by atoms with E-state index in [1.54, 1.807) is 6.07 Å². The highest BCUT2D eigenvalue weighted by atomic mass is 32.2. The molecule has 104 valence electrons. The van der Waals surface area contributed by atoms with Crippen molar-refractivity contribution in [3.8, 4) is 0 Å². The van der Waals surface area contributed by atoms with Crippen LogP contribution in [0.4, 0.5) is 5.69 Å². The number of nitro groups is 1. The molecule has 7 nitrogen and oxygen atoms in total. The minimum absolute atomic E-state index is 0.00819. The van der Waals surface area contributed by atoms with E-state index in [-0.39, 0.29) is 22.3 Å². The molecule has 0 saturated heterocycles. The second-order valence-electron chi connectivity index (χ2n) is 3.84. The molecular formula is C12H9NO6S. The molecule has 2 rings (SSSR count). The Morgan fingerprint density at radius 2 is 2.10 bits per heavy atom. The Labute approximate surface area is 115 Å². The largest absolute Gasteiger partial charge is 0.475 e. The summed E-state index contributed by atoms with van der Waals surface area (Å²) < 4.78 is 16.9. The standard InChI is InChI=1S/C12H9NO6S/c14-12(15)10-4-5-11(19-10)20(18)7-8-2-1-3-9(6-8)13(16)17/h1-6H,7H2,(H,14,15). The summed E-state index contributed by atoms with van der Waals surface area (Å²) >= 11 is 0. The minimum atomic E-state index is -1.60. The number of benzene rings is 1. The van der Waals surface area contributed by atoms with Gasteiger partial charge in [0.1, 0.15) is 0 Å². The van der Waals surface area contributed by atoms with Gasteiger partial charge in [0, 0.05) is 12.1 Å². The van der Waals surface area contributed by atoms with Crippen molar-refractivity contribution in [2.24, 2.45) is 0 Å². The van der Waals surface area contributed by atoms with Crippen LogP contribution in [0.3, 0.4) is 0 Å². The van der Waals surface area contributed by atoms with E-state index < -0.39 is 21.7 Å². The molecule has 0 bridgehead atoms. The maximum absolute atomic E-state index is 12.0. The summed E-state index contributed by atoms with van der Waals surface area (Å²) in [4.78, 5) is 20.7. The fourth-order valence-corrected chi connectivity index (χ4v) is 2.57. The molecule has 0 radical (unpaired) electrons. The van der Waals surface area contributed by atoms with Gasteiger partial charge in [-0.25, -0.2) is 4.79 Å². The number of aromatic carboxylic acids is 1. The van der Waals surface area contributed by atoms with Gasteiger partial charge in [0.2, 0.25) is 5.76 Å². The molecule has 0 amide bonds. The number of nitro benzene ring substituents is 1. The van der Waals surface area contributed by atoms with Gasteiger partial charge in [-0.2, -0.15) is 0 Å². The van der Waals surface area contributed by atoms with E-state index in [2.05, 4.69) is 0 Å². The Hall–Kier alpha value is -2.48. The zero-order valence-corrected chi connectivity index (χ0v) is 10.8. The molecule has 8 heteroatoms. The molecule has 0 aliphatic heterocycles. The van der Waals surface area contributed by atoms with E-state index in [0.29, 0.717) is 5.56 Å².